The van der Waals surface area contributed by atoms with Crippen LogP contribution in [0.15, 0.2) is 30.9 Å². The van der Waals surface area contributed by atoms with Crippen molar-refractivity contribution in [2.45, 2.75) is 39.3 Å². The van der Waals surface area contributed by atoms with E-state index in [0.29, 0.717) is 47.3 Å². The lowest BCUT2D eigenvalue weighted by Gasteiger charge is -2.41. The highest BCUT2D eigenvalue weighted by Gasteiger charge is 2.32. The number of primary amides is 1. The number of aromatic nitrogens is 4. The highest BCUT2D eigenvalue weighted by molar-refractivity contribution is 6.30. The summed E-state index contributed by atoms with van der Waals surface area (Å²) in [4.78, 5) is 41.8. The zero-order valence-corrected chi connectivity index (χ0v) is 19.7. The largest absolute Gasteiger partial charge is 0.444 e. The molecule has 174 valence electrons. The fourth-order valence-electron chi connectivity index (χ4n) is 3.91. The third-order valence-corrected chi connectivity index (χ3v) is 5.57. The lowest BCUT2D eigenvalue weighted by Crippen LogP contribution is -2.55. The molecule has 1 fully saturated rings. The second-order valence-electron chi connectivity index (χ2n) is 8.97. The average Bonchev–Trinajstić information content (AvgIpc) is 3.13. The Balaban J connectivity index is 1.72. The molecule has 2 N–H and O–H groups in total. The fourth-order valence-corrected chi connectivity index (χ4v) is 4.07. The van der Waals surface area contributed by atoms with E-state index in [0.717, 1.165) is 0 Å². The molecule has 1 aliphatic heterocycles. The Morgan fingerprint density at radius 3 is 2.61 bits per heavy atom. The van der Waals surface area contributed by atoms with Crippen molar-refractivity contribution in [3.63, 3.8) is 0 Å². The number of hydrogen-bond acceptors (Lipinski definition) is 7. The summed E-state index contributed by atoms with van der Waals surface area (Å²) in [5.74, 6) is 0.482. The number of anilines is 1. The van der Waals surface area contributed by atoms with Crippen LogP contribution < -0.4 is 10.6 Å². The van der Waals surface area contributed by atoms with Gasteiger partial charge in [0.05, 0.1) is 10.9 Å². The Bertz CT molecular complexity index is 1220. The summed E-state index contributed by atoms with van der Waals surface area (Å²) in [6, 6.07) is 3.26. The number of carbonyl (C=O) groups is 2. The van der Waals surface area contributed by atoms with Gasteiger partial charge in [-0.3, -0.25) is 9.36 Å². The first-order valence-corrected chi connectivity index (χ1v) is 11.0. The number of hydrogen-bond donors (Lipinski definition) is 1. The van der Waals surface area contributed by atoms with Gasteiger partial charge >= 0.3 is 6.09 Å². The maximum Gasteiger partial charge on any atom is 0.410 e. The lowest BCUT2D eigenvalue weighted by atomic mass is 10.1. The van der Waals surface area contributed by atoms with Crippen LogP contribution in [0, 0.1) is 0 Å². The summed E-state index contributed by atoms with van der Waals surface area (Å²) in [7, 11) is 0. The maximum absolute atomic E-state index is 12.5. The number of nitrogens with zero attached hydrogens (tertiary/aromatic N) is 6. The topological polar surface area (TPSA) is 119 Å². The number of rotatable bonds is 3. The van der Waals surface area contributed by atoms with Crippen molar-refractivity contribution in [2.24, 2.45) is 5.73 Å². The van der Waals surface area contributed by atoms with Crippen LogP contribution in [-0.4, -0.2) is 67.7 Å². The third kappa shape index (κ3) is 4.56. The van der Waals surface area contributed by atoms with E-state index in [2.05, 4.69) is 15.0 Å². The van der Waals surface area contributed by atoms with Gasteiger partial charge in [-0.2, -0.15) is 0 Å². The van der Waals surface area contributed by atoms with Crippen molar-refractivity contribution in [3.05, 3.63) is 41.4 Å². The van der Waals surface area contributed by atoms with Crippen molar-refractivity contribution >= 4 is 40.5 Å². The minimum atomic E-state index is -0.600. The van der Waals surface area contributed by atoms with Crippen LogP contribution in [0.3, 0.4) is 0 Å². The molecule has 0 bridgehead atoms. The molecule has 0 aliphatic carbocycles. The summed E-state index contributed by atoms with van der Waals surface area (Å²) < 4.78 is 7.18. The molecule has 1 atom stereocenters. The molecule has 4 rings (SSSR count). The molecule has 11 heteroatoms. The average molecular weight is 472 g/mol. The number of carbonyl (C=O) groups excluding carboxylic acids is 2. The summed E-state index contributed by atoms with van der Waals surface area (Å²) in [6.45, 7) is 8.91. The number of pyridine rings is 1. The summed E-state index contributed by atoms with van der Waals surface area (Å²) in [5.41, 5.74) is 5.92. The number of amides is 2. The molecule has 1 aliphatic rings. The lowest BCUT2D eigenvalue weighted by molar-refractivity contribution is 0.0218. The Labute approximate surface area is 196 Å². The zero-order chi connectivity index (χ0) is 23.9. The number of piperazine rings is 1. The molecule has 0 saturated carbocycles. The number of fused-ring (bicyclic) bond motifs is 1. The van der Waals surface area contributed by atoms with Gasteiger partial charge in [0.2, 0.25) is 0 Å². The van der Waals surface area contributed by atoms with Crippen LogP contribution in [0.1, 0.15) is 38.1 Å². The second-order valence-corrected chi connectivity index (χ2v) is 9.41. The normalized spacial score (nSPS) is 16.8. The second kappa shape index (κ2) is 8.51. The molecule has 4 heterocycles. The van der Waals surface area contributed by atoms with Crippen LogP contribution in [0.25, 0.3) is 16.9 Å². The smallest absolute Gasteiger partial charge is 0.410 e. The summed E-state index contributed by atoms with van der Waals surface area (Å²) in [6.07, 6.45) is 4.27. The molecule has 33 heavy (non-hydrogen) atoms. The van der Waals surface area contributed by atoms with Crippen molar-refractivity contribution in [3.8, 4) is 5.82 Å². The monoisotopic (exact) mass is 471 g/mol. The van der Waals surface area contributed by atoms with Gasteiger partial charge in [-0.25, -0.2) is 19.7 Å². The standard InChI is InChI=1S/C22H26ClN7O3/c1-13-10-28(21(32)33-22(2,3)4)7-8-29(13)19-17-15(18(24)31)11-30(20(17)27-12-26-19)16-9-14(23)5-6-25-16/h5-6,9,11-13H,7-8,10H2,1-4H3,(H2,24,31)/t13-/m0/s1. The number of nitrogens with two attached hydrogens (primary N) is 1. The molecule has 0 radical (unpaired) electrons. The van der Waals surface area contributed by atoms with E-state index in [-0.39, 0.29) is 17.7 Å². The first-order chi connectivity index (χ1) is 15.5. The molecule has 0 spiro atoms. The predicted molar refractivity (Wildman–Crippen MR) is 125 cm³/mol. The van der Waals surface area contributed by atoms with E-state index in [1.54, 1.807) is 34.0 Å². The van der Waals surface area contributed by atoms with Gasteiger partial charge in [-0.15, -0.1) is 0 Å². The van der Waals surface area contributed by atoms with E-state index >= 15 is 0 Å². The predicted octanol–water partition coefficient (Wildman–Crippen LogP) is 3.01. The molecule has 2 amide bonds. The molecule has 0 aromatic carbocycles. The van der Waals surface area contributed by atoms with Gasteiger partial charge in [0.1, 0.15) is 23.6 Å². The third-order valence-electron chi connectivity index (χ3n) is 5.33. The highest BCUT2D eigenvalue weighted by atomic mass is 35.5. The van der Waals surface area contributed by atoms with E-state index in [9.17, 15) is 9.59 Å². The summed E-state index contributed by atoms with van der Waals surface area (Å²) >= 11 is 6.14. The Hall–Kier alpha value is -3.40. The first kappa shape index (κ1) is 22.8. The molecule has 3 aromatic rings. The quantitative estimate of drug-likeness (QED) is 0.623. The van der Waals surface area contributed by atoms with Crippen LogP contribution in [0.5, 0.6) is 0 Å². The molecule has 1 saturated heterocycles. The minimum absolute atomic E-state index is 0.0854. The van der Waals surface area contributed by atoms with Crippen LogP contribution in [-0.2, 0) is 4.74 Å². The van der Waals surface area contributed by atoms with Crippen LogP contribution >= 0.6 is 11.6 Å². The molecule has 10 nitrogen and oxygen atoms in total. The molecule has 0 unspecified atom stereocenters. The minimum Gasteiger partial charge on any atom is -0.444 e. The number of ether oxygens (including phenoxy) is 1. The Morgan fingerprint density at radius 1 is 1.21 bits per heavy atom. The number of halogens is 1. The summed E-state index contributed by atoms with van der Waals surface area (Å²) in [5, 5.41) is 1.04. The van der Waals surface area contributed by atoms with E-state index in [1.165, 1.54) is 6.33 Å². The SMILES string of the molecule is C[C@H]1CN(C(=O)OC(C)(C)C)CCN1c1ncnc2c1c(C(N)=O)cn2-c1cc(Cl)ccn1. The van der Waals surface area contributed by atoms with Gasteiger partial charge in [0, 0.05) is 49.2 Å². The van der Waals surface area contributed by atoms with Crippen molar-refractivity contribution in [2.75, 3.05) is 24.5 Å². The van der Waals surface area contributed by atoms with Crippen molar-refractivity contribution < 1.29 is 14.3 Å². The molecule has 3 aromatic heterocycles. The fraction of sp³-hybridized carbons (Fsp3) is 0.409. The van der Waals surface area contributed by atoms with E-state index in [1.807, 2.05) is 32.6 Å². The first-order valence-electron chi connectivity index (χ1n) is 10.6. The van der Waals surface area contributed by atoms with Gasteiger partial charge in [0.25, 0.3) is 5.91 Å². The van der Waals surface area contributed by atoms with Gasteiger partial charge in [-0.05, 0) is 33.8 Å². The van der Waals surface area contributed by atoms with Crippen LogP contribution in [0.4, 0.5) is 10.6 Å². The van der Waals surface area contributed by atoms with Crippen molar-refractivity contribution in [1.82, 2.24) is 24.4 Å². The Kier molecular flexibility index (Phi) is 5.87. The zero-order valence-electron chi connectivity index (χ0n) is 18.9. The highest BCUT2D eigenvalue weighted by Crippen LogP contribution is 2.32. The van der Waals surface area contributed by atoms with Gasteiger partial charge in [-0.1, -0.05) is 11.6 Å². The maximum atomic E-state index is 12.5. The van der Waals surface area contributed by atoms with Gasteiger partial charge < -0.3 is 20.3 Å². The van der Waals surface area contributed by atoms with Gasteiger partial charge in [0.15, 0.2) is 5.65 Å². The van der Waals surface area contributed by atoms with Crippen molar-refractivity contribution in [1.29, 1.82) is 0 Å². The van der Waals surface area contributed by atoms with Crippen LogP contribution in [0.2, 0.25) is 5.02 Å². The Morgan fingerprint density at radius 2 is 1.97 bits per heavy atom. The van der Waals surface area contributed by atoms with E-state index in [4.69, 9.17) is 22.1 Å². The molecular weight excluding hydrogens is 446 g/mol. The van der Waals surface area contributed by atoms with E-state index < -0.39 is 11.5 Å². The molecular formula is C22H26ClN7O3.